The lowest BCUT2D eigenvalue weighted by Crippen LogP contribution is -2.02. The molecule has 0 spiro atoms. The molecular weight excluding hydrogens is 238 g/mol. The number of methoxy groups -OCH3 is 1. The van der Waals surface area contributed by atoms with Crippen molar-refractivity contribution in [2.45, 2.75) is 0 Å². The van der Waals surface area contributed by atoms with Crippen LogP contribution in [0.15, 0.2) is 42.7 Å². The number of ether oxygens (including phenoxy) is 1. The first-order valence-corrected chi connectivity index (χ1v) is 5.39. The molecule has 0 saturated heterocycles. The SMILES string of the molecule is COC(=O)c1cccc(-c2cccnc2)c1Cl. The Morgan fingerprint density at radius 3 is 2.76 bits per heavy atom. The number of hydrogen-bond donors (Lipinski definition) is 0. The Morgan fingerprint density at radius 1 is 1.29 bits per heavy atom. The van der Waals surface area contributed by atoms with Crippen molar-refractivity contribution in [3.8, 4) is 11.1 Å². The number of halogens is 1. The Kier molecular flexibility index (Phi) is 3.40. The summed E-state index contributed by atoms with van der Waals surface area (Å²) in [5.41, 5.74) is 1.99. The van der Waals surface area contributed by atoms with Crippen LogP contribution in [0.3, 0.4) is 0 Å². The van der Waals surface area contributed by atoms with E-state index in [9.17, 15) is 4.79 Å². The lowest BCUT2D eigenvalue weighted by Gasteiger charge is -2.07. The summed E-state index contributed by atoms with van der Waals surface area (Å²) in [6.45, 7) is 0. The second kappa shape index (κ2) is 4.97. The summed E-state index contributed by atoms with van der Waals surface area (Å²) in [5, 5.41) is 0.382. The summed E-state index contributed by atoms with van der Waals surface area (Å²) < 4.78 is 4.67. The van der Waals surface area contributed by atoms with E-state index in [1.165, 1.54) is 7.11 Å². The molecule has 0 saturated carbocycles. The Bertz CT molecular complexity index is 540. The molecule has 0 fully saturated rings. The number of aromatic nitrogens is 1. The summed E-state index contributed by atoms with van der Waals surface area (Å²) >= 11 is 6.19. The van der Waals surface area contributed by atoms with Gasteiger partial charge in [-0.3, -0.25) is 4.98 Å². The highest BCUT2D eigenvalue weighted by Gasteiger charge is 2.14. The highest BCUT2D eigenvalue weighted by molar-refractivity contribution is 6.36. The number of hydrogen-bond acceptors (Lipinski definition) is 3. The zero-order valence-corrected chi connectivity index (χ0v) is 9.94. The Hall–Kier alpha value is -1.87. The molecule has 1 aromatic carbocycles. The maximum absolute atomic E-state index is 11.5. The van der Waals surface area contributed by atoms with E-state index in [2.05, 4.69) is 9.72 Å². The predicted octanol–water partition coefficient (Wildman–Crippen LogP) is 3.19. The van der Waals surface area contributed by atoms with Gasteiger partial charge in [-0.25, -0.2) is 4.79 Å². The number of esters is 1. The molecule has 2 aromatic rings. The zero-order valence-electron chi connectivity index (χ0n) is 9.18. The second-order valence-corrected chi connectivity index (χ2v) is 3.78. The highest BCUT2D eigenvalue weighted by Crippen LogP contribution is 2.30. The summed E-state index contributed by atoms with van der Waals surface area (Å²) in [4.78, 5) is 15.5. The van der Waals surface area contributed by atoms with Crippen molar-refractivity contribution in [2.24, 2.45) is 0 Å². The quantitative estimate of drug-likeness (QED) is 0.765. The molecule has 86 valence electrons. The summed E-state index contributed by atoms with van der Waals surface area (Å²) in [6, 6.07) is 8.94. The fourth-order valence-electron chi connectivity index (χ4n) is 1.54. The van der Waals surface area contributed by atoms with Gasteiger partial charge in [0.1, 0.15) is 0 Å². The van der Waals surface area contributed by atoms with Crippen LogP contribution < -0.4 is 0 Å². The van der Waals surface area contributed by atoms with Gasteiger partial charge in [0.2, 0.25) is 0 Å². The third kappa shape index (κ3) is 2.29. The summed E-state index contributed by atoms with van der Waals surface area (Å²) in [6.07, 6.45) is 3.38. The van der Waals surface area contributed by atoms with Crippen LogP contribution in [0.4, 0.5) is 0 Å². The van der Waals surface area contributed by atoms with Gasteiger partial charge in [-0.2, -0.15) is 0 Å². The molecule has 0 amide bonds. The topological polar surface area (TPSA) is 39.2 Å². The molecule has 2 rings (SSSR count). The van der Waals surface area contributed by atoms with Crippen molar-refractivity contribution in [1.29, 1.82) is 0 Å². The van der Waals surface area contributed by atoms with Crippen LogP contribution in [0, 0.1) is 0 Å². The normalized spacial score (nSPS) is 10.0. The van der Waals surface area contributed by atoms with Crippen LogP contribution in [-0.4, -0.2) is 18.1 Å². The molecule has 0 aliphatic carbocycles. The van der Waals surface area contributed by atoms with Crippen LogP contribution >= 0.6 is 11.6 Å². The lowest BCUT2D eigenvalue weighted by atomic mass is 10.0. The van der Waals surface area contributed by atoms with Crippen molar-refractivity contribution in [2.75, 3.05) is 7.11 Å². The van der Waals surface area contributed by atoms with Gasteiger partial charge in [0.05, 0.1) is 17.7 Å². The minimum Gasteiger partial charge on any atom is -0.465 e. The van der Waals surface area contributed by atoms with Crippen LogP contribution in [0.2, 0.25) is 5.02 Å². The molecule has 0 N–H and O–H groups in total. The molecule has 4 heteroatoms. The molecule has 0 radical (unpaired) electrons. The van der Waals surface area contributed by atoms with Gasteiger partial charge in [-0.15, -0.1) is 0 Å². The molecule has 0 unspecified atom stereocenters. The smallest absolute Gasteiger partial charge is 0.339 e. The highest BCUT2D eigenvalue weighted by atomic mass is 35.5. The van der Waals surface area contributed by atoms with Gasteiger partial charge < -0.3 is 4.74 Å². The molecule has 0 aliphatic heterocycles. The van der Waals surface area contributed by atoms with Crippen LogP contribution in [-0.2, 0) is 4.74 Å². The van der Waals surface area contributed by atoms with E-state index in [0.717, 1.165) is 11.1 Å². The van der Waals surface area contributed by atoms with Crippen molar-refractivity contribution < 1.29 is 9.53 Å². The monoisotopic (exact) mass is 247 g/mol. The summed E-state index contributed by atoms with van der Waals surface area (Å²) in [5.74, 6) is -0.444. The number of carbonyl (C=O) groups excluding carboxylic acids is 1. The minimum absolute atomic E-state index is 0.357. The number of pyridine rings is 1. The molecule has 3 nitrogen and oxygen atoms in total. The van der Waals surface area contributed by atoms with E-state index in [1.54, 1.807) is 24.5 Å². The number of benzene rings is 1. The van der Waals surface area contributed by atoms with Crippen molar-refractivity contribution in [3.05, 3.63) is 53.3 Å². The first-order chi connectivity index (χ1) is 8.24. The van der Waals surface area contributed by atoms with Crippen LogP contribution in [0.5, 0.6) is 0 Å². The Labute approximate surface area is 104 Å². The fourth-order valence-corrected chi connectivity index (χ4v) is 1.86. The van der Waals surface area contributed by atoms with Gasteiger partial charge in [0.25, 0.3) is 0 Å². The lowest BCUT2D eigenvalue weighted by molar-refractivity contribution is 0.0601. The van der Waals surface area contributed by atoms with E-state index < -0.39 is 5.97 Å². The summed E-state index contributed by atoms with van der Waals surface area (Å²) in [7, 11) is 1.33. The predicted molar refractivity (Wildman–Crippen MR) is 66.0 cm³/mol. The van der Waals surface area contributed by atoms with Crippen molar-refractivity contribution in [1.82, 2.24) is 4.98 Å². The molecule has 1 aromatic heterocycles. The van der Waals surface area contributed by atoms with Crippen LogP contribution in [0.1, 0.15) is 10.4 Å². The van der Waals surface area contributed by atoms with Crippen molar-refractivity contribution >= 4 is 17.6 Å². The molecule has 17 heavy (non-hydrogen) atoms. The minimum atomic E-state index is -0.444. The molecular formula is C13H10ClNO2. The van der Waals surface area contributed by atoms with Crippen molar-refractivity contribution in [3.63, 3.8) is 0 Å². The van der Waals surface area contributed by atoms with E-state index in [-0.39, 0.29) is 0 Å². The standard InChI is InChI=1S/C13H10ClNO2/c1-17-13(16)11-6-2-5-10(12(11)14)9-4-3-7-15-8-9/h2-8H,1H3. The van der Waals surface area contributed by atoms with Gasteiger partial charge in [0, 0.05) is 23.5 Å². The first-order valence-electron chi connectivity index (χ1n) is 5.01. The molecule has 0 atom stereocenters. The van der Waals surface area contributed by atoms with E-state index in [4.69, 9.17) is 11.6 Å². The van der Waals surface area contributed by atoms with Gasteiger partial charge >= 0.3 is 5.97 Å². The first kappa shape index (κ1) is 11.6. The number of carbonyl (C=O) groups is 1. The molecule has 1 heterocycles. The second-order valence-electron chi connectivity index (χ2n) is 3.40. The Balaban J connectivity index is 2.54. The molecule has 0 aliphatic rings. The molecule has 0 bridgehead atoms. The fraction of sp³-hybridized carbons (Fsp3) is 0.0769. The van der Waals surface area contributed by atoms with Gasteiger partial charge in [-0.05, 0) is 12.1 Å². The largest absolute Gasteiger partial charge is 0.465 e. The van der Waals surface area contributed by atoms with E-state index >= 15 is 0 Å². The third-order valence-corrected chi connectivity index (χ3v) is 2.78. The maximum atomic E-state index is 11.5. The maximum Gasteiger partial charge on any atom is 0.339 e. The average Bonchev–Trinajstić information content (AvgIpc) is 2.39. The number of rotatable bonds is 2. The van der Waals surface area contributed by atoms with Gasteiger partial charge in [-0.1, -0.05) is 29.8 Å². The zero-order chi connectivity index (χ0) is 12.3. The van der Waals surface area contributed by atoms with E-state index in [1.807, 2.05) is 18.2 Å². The average molecular weight is 248 g/mol. The number of nitrogens with zero attached hydrogens (tertiary/aromatic N) is 1. The third-order valence-electron chi connectivity index (χ3n) is 2.38. The van der Waals surface area contributed by atoms with Gasteiger partial charge in [0.15, 0.2) is 0 Å². The van der Waals surface area contributed by atoms with Crippen LogP contribution in [0.25, 0.3) is 11.1 Å². The Morgan fingerprint density at radius 2 is 2.12 bits per heavy atom. The van der Waals surface area contributed by atoms with E-state index in [0.29, 0.717) is 10.6 Å².